The molecular weight excluding hydrogens is 208 g/mol. The van der Waals surface area contributed by atoms with Crippen molar-refractivity contribution in [2.45, 2.75) is 71.1 Å². The molecule has 0 unspecified atom stereocenters. The van der Waals surface area contributed by atoms with Gasteiger partial charge in [-0.15, -0.1) is 0 Å². The zero-order valence-corrected chi connectivity index (χ0v) is 11.7. The topological polar surface area (TPSA) is 15.6 Å². The highest BCUT2D eigenvalue weighted by atomic mass is 15.2. The molecule has 1 aliphatic rings. The number of aliphatic imine (C=N–C) groups is 1. The minimum atomic E-state index is 0.942. The second kappa shape index (κ2) is 10.8. The first-order chi connectivity index (χ1) is 8.43. The molecule has 2 heteroatoms. The van der Waals surface area contributed by atoms with Crippen LogP contribution in [-0.2, 0) is 0 Å². The van der Waals surface area contributed by atoms with E-state index in [1.165, 1.54) is 70.8 Å². The standard InChI is InChI=1S/C15H30N2/c1-2-3-4-5-6-7-8-9-10-11-13-17-14-12-16-15-17/h12H,2-11,13-15H2,1H3. The van der Waals surface area contributed by atoms with Crippen LogP contribution in [0.2, 0.25) is 0 Å². The van der Waals surface area contributed by atoms with Gasteiger partial charge in [-0.25, -0.2) is 0 Å². The van der Waals surface area contributed by atoms with Gasteiger partial charge in [0.2, 0.25) is 0 Å². The van der Waals surface area contributed by atoms with E-state index in [1.54, 1.807) is 0 Å². The van der Waals surface area contributed by atoms with Crippen LogP contribution < -0.4 is 0 Å². The van der Waals surface area contributed by atoms with Gasteiger partial charge >= 0.3 is 0 Å². The first-order valence-corrected chi connectivity index (χ1v) is 7.64. The third-order valence-corrected chi connectivity index (χ3v) is 3.58. The van der Waals surface area contributed by atoms with Gasteiger partial charge in [-0.2, -0.15) is 0 Å². The summed E-state index contributed by atoms with van der Waals surface area (Å²) in [6.45, 7) is 5.55. The number of hydrogen-bond acceptors (Lipinski definition) is 2. The van der Waals surface area contributed by atoms with E-state index in [0.29, 0.717) is 0 Å². The van der Waals surface area contributed by atoms with Gasteiger partial charge < -0.3 is 0 Å². The Hall–Kier alpha value is -0.370. The summed E-state index contributed by atoms with van der Waals surface area (Å²) in [6, 6.07) is 0. The van der Waals surface area contributed by atoms with Crippen molar-refractivity contribution in [3.8, 4) is 0 Å². The maximum absolute atomic E-state index is 4.23. The van der Waals surface area contributed by atoms with Gasteiger partial charge in [0.1, 0.15) is 0 Å². The molecule has 1 heterocycles. The van der Waals surface area contributed by atoms with Crippen molar-refractivity contribution in [3.05, 3.63) is 0 Å². The Morgan fingerprint density at radius 1 is 0.882 bits per heavy atom. The molecule has 0 fully saturated rings. The molecule has 0 amide bonds. The molecule has 0 bridgehead atoms. The molecule has 0 aliphatic carbocycles. The lowest BCUT2D eigenvalue weighted by atomic mass is 10.1. The van der Waals surface area contributed by atoms with Crippen LogP contribution >= 0.6 is 0 Å². The summed E-state index contributed by atoms with van der Waals surface area (Å²) < 4.78 is 0. The minimum Gasteiger partial charge on any atom is -0.281 e. The molecule has 0 spiro atoms. The van der Waals surface area contributed by atoms with Gasteiger partial charge in [0.15, 0.2) is 0 Å². The van der Waals surface area contributed by atoms with Crippen LogP contribution in [0.1, 0.15) is 71.1 Å². The Labute approximate surface area is 107 Å². The summed E-state index contributed by atoms with van der Waals surface area (Å²) in [4.78, 5) is 6.65. The normalized spacial score (nSPS) is 15.8. The van der Waals surface area contributed by atoms with Crippen LogP contribution in [0, 0.1) is 0 Å². The average molecular weight is 238 g/mol. The van der Waals surface area contributed by atoms with Gasteiger partial charge in [-0.05, 0) is 6.42 Å². The highest BCUT2D eigenvalue weighted by Crippen LogP contribution is 2.10. The molecule has 0 aromatic carbocycles. The van der Waals surface area contributed by atoms with Crippen LogP contribution in [0.4, 0.5) is 0 Å². The molecule has 2 nitrogen and oxygen atoms in total. The van der Waals surface area contributed by atoms with Gasteiger partial charge in [-0.1, -0.05) is 64.7 Å². The molecule has 0 N–H and O–H groups in total. The Bertz CT molecular complexity index is 181. The van der Waals surface area contributed by atoms with E-state index in [1.807, 2.05) is 6.21 Å². The Morgan fingerprint density at radius 2 is 1.47 bits per heavy atom. The maximum Gasteiger partial charge on any atom is 0.0909 e. The SMILES string of the molecule is CCCCCCCCCCCCN1CC=NC1. The van der Waals surface area contributed by atoms with E-state index in [-0.39, 0.29) is 0 Å². The Kier molecular flexibility index (Phi) is 9.30. The molecule has 0 saturated carbocycles. The zero-order chi connectivity index (χ0) is 12.2. The fourth-order valence-corrected chi connectivity index (χ4v) is 2.39. The average Bonchev–Trinajstić information content (AvgIpc) is 2.85. The maximum atomic E-state index is 4.23. The van der Waals surface area contributed by atoms with Crippen molar-refractivity contribution in [3.63, 3.8) is 0 Å². The molecule has 1 rings (SSSR count). The van der Waals surface area contributed by atoms with Crippen LogP contribution in [0.25, 0.3) is 0 Å². The molecule has 0 aromatic heterocycles. The lowest BCUT2D eigenvalue weighted by Crippen LogP contribution is -2.21. The number of hydrogen-bond donors (Lipinski definition) is 0. The first kappa shape index (κ1) is 14.7. The third kappa shape index (κ3) is 8.37. The number of nitrogens with zero attached hydrogens (tertiary/aromatic N) is 2. The monoisotopic (exact) mass is 238 g/mol. The predicted octanol–water partition coefficient (Wildman–Crippen LogP) is 4.25. The summed E-state index contributed by atoms with van der Waals surface area (Å²) in [5.74, 6) is 0. The third-order valence-electron chi connectivity index (χ3n) is 3.58. The van der Waals surface area contributed by atoms with Gasteiger partial charge in [0.25, 0.3) is 0 Å². The molecular formula is C15H30N2. The Balaban J connectivity index is 1.69. The molecule has 0 radical (unpaired) electrons. The molecule has 0 atom stereocenters. The summed E-state index contributed by atoms with van der Waals surface area (Å²) in [5.41, 5.74) is 0. The quantitative estimate of drug-likeness (QED) is 0.491. The summed E-state index contributed by atoms with van der Waals surface area (Å²) in [5, 5.41) is 0. The van der Waals surface area contributed by atoms with E-state index in [4.69, 9.17) is 0 Å². The lowest BCUT2D eigenvalue weighted by molar-refractivity contribution is 0.331. The van der Waals surface area contributed by atoms with Crippen LogP contribution in [0.5, 0.6) is 0 Å². The van der Waals surface area contributed by atoms with E-state index in [0.717, 1.165) is 13.2 Å². The zero-order valence-electron chi connectivity index (χ0n) is 11.7. The first-order valence-electron chi connectivity index (χ1n) is 7.64. The van der Waals surface area contributed by atoms with Crippen molar-refractivity contribution in [1.29, 1.82) is 0 Å². The van der Waals surface area contributed by atoms with E-state index in [9.17, 15) is 0 Å². The van der Waals surface area contributed by atoms with Gasteiger partial charge in [0.05, 0.1) is 6.67 Å². The van der Waals surface area contributed by atoms with E-state index in [2.05, 4.69) is 16.8 Å². The number of unbranched alkanes of at least 4 members (excludes halogenated alkanes) is 9. The van der Waals surface area contributed by atoms with Crippen molar-refractivity contribution in [1.82, 2.24) is 4.90 Å². The van der Waals surface area contributed by atoms with E-state index >= 15 is 0 Å². The van der Waals surface area contributed by atoms with Gasteiger partial charge in [0, 0.05) is 19.3 Å². The molecule has 1 aliphatic heterocycles. The van der Waals surface area contributed by atoms with Crippen molar-refractivity contribution in [2.24, 2.45) is 4.99 Å². The number of rotatable bonds is 11. The largest absolute Gasteiger partial charge is 0.281 e. The fourth-order valence-electron chi connectivity index (χ4n) is 2.39. The second-order valence-electron chi connectivity index (χ2n) is 5.27. The van der Waals surface area contributed by atoms with Crippen molar-refractivity contribution in [2.75, 3.05) is 19.8 Å². The molecule has 0 aromatic rings. The fraction of sp³-hybridized carbons (Fsp3) is 0.933. The highest BCUT2D eigenvalue weighted by molar-refractivity contribution is 5.61. The van der Waals surface area contributed by atoms with Crippen molar-refractivity contribution >= 4 is 6.21 Å². The van der Waals surface area contributed by atoms with Gasteiger partial charge in [-0.3, -0.25) is 9.89 Å². The summed E-state index contributed by atoms with van der Waals surface area (Å²) in [7, 11) is 0. The van der Waals surface area contributed by atoms with Crippen LogP contribution in [0.15, 0.2) is 4.99 Å². The lowest BCUT2D eigenvalue weighted by Gasteiger charge is -2.12. The van der Waals surface area contributed by atoms with Crippen LogP contribution in [-0.4, -0.2) is 30.9 Å². The van der Waals surface area contributed by atoms with Crippen molar-refractivity contribution < 1.29 is 0 Å². The second-order valence-corrected chi connectivity index (χ2v) is 5.27. The highest BCUT2D eigenvalue weighted by Gasteiger charge is 2.05. The van der Waals surface area contributed by atoms with Crippen LogP contribution in [0.3, 0.4) is 0 Å². The summed E-state index contributed by atoms with van der Waals surface area (Å²) in [6.07, 6.45) is 16.3. The minimum absolute atomic E-state index is 0.942. The summed E-state index contributed by atoms with van der Waals surface area (Å²) >= 11 is 0. The molecule has 100 valence electrons. The molecule has 17 heavy (non-hydrogen) atoms. The van der Waals surface area contributed by atoms with E-state index < -0.39 is 0 Å². The predicted molar refractivity (Wildman–Crippen MR) is 76.8 cm³/mol. The Morgan fingerprint density at radius 3 is 2.00 bits per heavy atom. The molecule has 0 saturated heterocycles. The smallest absolute Gasteiger partial charge is 0.0909 e.